The number of halogens is 1. The Bertz CT molecular complexity index is 702. The minimum atomic E-state index is -0.536. The number of nitrogens with one attached hydrogen (secondary N) is 1. The summed E-state index contributed by atoms with van der Waals surface area (Å²) in [6.07, 6.45) is 4.09. The van der Waals surface area contributed by atoms with E-state index >= 15 is 0 Å². The largest absolute Gasteiger partial charge is 0.325 e. The predicted octanol–water partition coefficient (Wildman–Crippen LogP) is 2.87. The van der Waals surface area contributed by atoms with Gasteiger partial charge < -0.3 is 5.32 Å². The van der Waals surface area contributed by atoms with Crippen molar-refractivity contribution >= 4 is 28.9 Å². The van der Waals surface area contributed by atoms with Crippen molar-refractivity contribution in [2.75, 3.05) is 5.32 Å². The van der Waals surface area contributed by atoms with E-state index in [1.54, 1.807) is 0 Å². The van der Waals surface area contributed by atoms with Gasteiger partial charge in [0.2, 0.25) is 5.91 Å². The first-order chi connectivity index (χ1) is 10.5. The lowest BCUT2D eigenvalue weighted by Gasteiger charge is -2.06. The second-order valence-electron chi connectivity index (χ2n) is 4.83. The minimum absolute atomic E-state index is 0.113. The van der Waals surface area contributed by atoms with Crippen LogP contribution >= 0.6 is 11.6 Å². The smallest absolute Gasteiger partial charge is 0.271 e. The Balaban J connectivity index is 1.94. The number of amides is 1. The summed E-state index contributed by atoms with van der Waals surface area (Å²) >= 11 is 5.93. The van der Waals surface area contributed by atoms with Gasteiger partial charge in [-0.2, -0.15) is 0 Å². The van der Waals surface area contributed by atoms with Crippen LogP contribution in [0.25, 0.3) is 0 Å². The first-order valence-corrected chi connectivity index (χ1v) is 7.03. The SMILES string of the molecule is Cc1cc[n+](CCC(=O)Nc2ccc([N+](=O)[O-])cc2Cl)cc1. The number of carbonyl (C=O) groups excluding carboxylic acids is 1. The van der Waals surface area contributed by atoms with Crippen LogP contribution in [0.15, 0.2) is 42.7 Å². The molecule has 0 unspecified atom stereocenters. The van der Waals surface area contributed by atoms with Crippen LogP contribution in [0.2, 0.25) is 5.02 Å². The number of anilines is 1. The summed E-state index contributed by atoms with van der Waals surface area (Å²) in [4.78, 5) is 22.0. The van der Waals surface area contributed by atoms with Crippen LogP contribution in [0, 0.1) is 17.0 Å². The van der Waals surface area contributed by atoms with E-state index in [2.05, 4.69) is 5.32 Å². The highest BCUT2D eigenvalue weighted by molar-refractivity contribution is 6.33. The molecular weight excluding hydrogens is 306 g/mol. The van der Waals surface area contributed by atoms with Gasteiger partial charge in [-0.15, -0.1) is 0 Å². The van der Waals surface area contributed by atoms with Crippen molar-refractivity contribution in [1.29, 1.82) is 0 Å². The van der Waals surface area contributed by atoms with Gasteiger partial charge in [0.1, 0.15) is 0 Å². The summed E-state index contributed by atoms with van der Waals surface area (Å²) in [7, 11) is 0. The maximum Gasteiger partial charge on any atom is 0.271 e. The first kappa shape index (κ1) is 15.9. The number of hydrogen-bond donors (Lipinski definition) is 1. The summed E-state index contributed by atoms with van der Waals surface area (Å²) in [6, 6.07) is 7.87. The van der Waals surface area contributed by atoms with Gasteiger partial charge in [0.05, 0.1) is 22.1 Å². The molecule has 1 aromatic carbocycles. The van der Waals surface area contributed by atoms with Crippen molar-refractivity contribution in [1.82, 2.24) is 0 Å². The molecule has 2 rings (SSSR count). The first-order valence-electron chi connectivity index (χ1n) is 6.65. The molecule has 1 N–H and O–H groups in total. The van der Waals surface area contributed by atoms with Crippen molar-refractivity contribution < 1.29 is 14.3 Å². The number of aromatic nitrogens is 1. The third-order valence-corrected chi connectivity index (χ3v) is 3.41. The van der Waals surface area contributed by atoms with Crippen LogP contribution in [0.5, 0.6) is 0 Å². The van der Waals surface area contributed by atoms with E-state index in [1.807, 2.05) is 36.0 Å². The van der Waals surface area contributed by atoms with Gasteiger partial charge >= 0.3 is 0 Å². The Labute approximate surface area is 132 Å². The number of aryl methyl sites for hydroxylation is 2. The highest BCUT2D eigenvalue weighted by Gasteiger charge is 2.12. The molecule has 0 spiro atoms. The Hall–Kier alpha value is -2.47. The van der Waals surface area contributed by atoms with Gasteiger partial charge in [-0.05, 0) is 18.6 Å². The molecule has 0 aliphatic carbocycles. The Morgan fingerprint density at radius 2 is 2.00 bits per heavy atom. The molecule has 2 aromatic rings. The fourth-order valence-electron chi connectivity index (χ4n) is 1.84. The van der Waals surface area contributed by atoms with Crippen LogP contribution in [-0.4, -0.2) is 10.8 Å². The molecular formula is C15H15ClN3O3+. The molecule has 1 heterocycles. The molecule has 1 aromatic heterocycles. The van der Waals surface area contributed by atoms with Crippen molar-refractivity contribution in [3.8, 4) is 0 Å². The number of benzene rings is 1. The van der Waals surface area contributed by atoms with Gasteiger partial charge in [0.15, 0.2) is 18.9 Å². The van der Waals surface area contributed by atoms with Crippen LogP contribution in [0.3, 0.4) is 0 Å². The van der Waals surface area contributed by atoms with Crippen molar-refractivity contribution in [3.05, 3.63) is 63.4 Å². The summed E-state index contributed by atoms with van der Waals surface area (Å²) in [5.74, 6) is -0.205. The van der Waals surface area contributed by atoms with E-state index in [-0.39, 0.29) is 23.0 Å². The molecule has 0 radical (unpaired) electrons. The van der Waals surface area contributed by atoms with Gasteiger partial charge in [-0.1, -0.05) is 11.6 Å². The average molecular weight is 321 g/mol. The van der Waals surface area contributed by atoms with Crippen molar-refractivity contribution in [3.63, 3.8) is 0 Å². The van der Waals surface area contributed by atoms with E-state index in [4.69, 9.17) is 11.6 Å². The molecule has 0 aliphatic heterocycles. The lowest BCUT2D eigenvalue weighted by atomic mass is 10.2. The molecule has 0 atom stereocenters. The molecule has 7 heteroatoms. The van der Waals surface area contributed by atoms with Crippen molar-refractivity contribution in [2.24, 2.45) is 0 Å². The second-order valence-corrected chi connectivity index (χ2v) is 5.24. The van der Waals surface area contributed by atoms with Crippen LogP contribution in [0.4, 0.5) is 11.4 Å². The molecule has 0 saturated carbocycles. The summed E-state index contributed by atoms with van der Waals surface area (Å²) in [5, 5.41) is 13.4. The molecule has 114 valence electrons. The van der Waals surface area contributed by atoms with Gasteiger partial charge in [-0.25, -0.2) is 4.57 Å². The highest BCUT2D eigenvalue weighted by atomic mass is 35.5. The Kier molecular flexibility index (Phi) is 5.06. The lowest BCUT2D eigenvalue weighted by molar-refractivity contribution is -0.695. The standard InChI is InChI=1S/C15H14ClN3O3/c1-11-4-7-18(8-5-11)9-6-15(20)17-14-3-2-12(19(21)22)10-13(14)16/h2-5,7-8,10H,6,9H2,1H3/p+1. The maximum atomic E-state index is 11.9. The summed E-state index contributed by atoms with van der Waals surface area (Å²) < 4.78 is 1.91. The number of pyridine rings is 1. The van der Waals surface area contributed by atoms with Crippen LogP contribution < -0.4 is 9.88 Å². The molecule has 0 fully saturated rings. The zero-order valence-electron chi connectivity index (χ0n) is 12.0. The normalized spacial score (nSPS) is 10.3. The van der Waals surface area contributed by atoms with Gasteiger partial charge in [0.25, 0.3) is 5.69 Å². The zero-order valence-corrected chi connectivity index (χ0v) is 12.7. The van der Waals surface area contributed by atoms with E-state index in [0.29, 0.717) is 12.2 Å². The number of non-ortho nitro benzene ring substituents is 1. The fourth-order valence-corrected chi connectivity index (χ4v) is 2.07. The summed E-state index contributed by atoms with van der Waals surface area (Å²) in [6.45, 7) is 2.53. The number of nitro groups is 1. The van der Waals surface area contributed by atoms with Gasteiger partial charge in [-0.3, -0.25) is 14.9 Å². The molecule has 22 heavy (non-hydrogen) atoms. The number of nitro benzene ring substituents is 1. The third-order valence-electron chi connectivity index (χ3n) is 3.09. The molecule has 0 bridgehead atoms. The highest BCUT2D eigenvalue weighted by Crippen LogP contribution is 2.26. The average Bonchev–Trinajstić information content (AvgIpc) is 2.48. The molecule has 0 saturated heterocycles. The van der Waals surface area contributed by atoms with Crippen LogP contribution in [0.1, 0.15) is 12.0 Å². The van der Waals surface area contributed by atoms with E-state index in [9.17, 15) is 14.9 Å². The quantitative estimate of drug-likeness (QED) is 0.523. The molecule has 1 amide bonds. The van der Waals surface area contributed by atoms with E-state index in [1.165, 1.54) is 18.2 Å². The Morgan fingerprint density at radius 1 is 1.32 bits per heavy atom. The monoisotopic (exact) mass is 320 g/mol. The fraction of sp³-hybridized carbons (Fsp3) is 0.200. The number of hydrogen-bond acceptors (Lipinski definition) is 3. The Morgan fingerprint density at radius 3 is 2.59 bits per heavy atom. The van der Waals surface area contributed by atoms with Crippen molar-refractivity contribution in [2.45, 2.75) is 19.9 Å². The summed E-state index contributed by atoms with van der Waals surface area (Å²) in [5.41, 5.74) is 1.41. The van der Waals surface area contributed by atoms with E-state index < -0.39 is 4.92 Å². The number of nitrogens with zero attached hydrogens (tertiary/aromatic N) is 2. The van der Waals surface area contributed by atoms with Crippen LogP contribution in [-0.2, 0) is 11.3 Å². The van der Waals surface area contributed by atoms with E-state index in [0.717, 1.165) is 5.56 Å². The second kappa shape index (κ2) is 7.00. The third kappa shape index (κ3) is 4.26. The lowest BCUT2D eigenvalue weighted by Crippen LogP contribution is -2.34. The molecule has 6 nitrogen and oxygen atoms in total. The predicted molar refractivity (Wildman–Crippen MR) is 82.7 cm³/mol. The maximum absolute atomic E-state index is 11.9. The van der Waals surface area contributed by atoms with Gasteiger partial charge in [0, 0.05) is 24.3 Å². The topological polar surface area (TPSA) is 76.1 Å². The number of rotatable bonds is 5. The zero-order chi connectivity index (χ0) is 16.1. The number of carbonyl (C=O) groups is 1. The molecule has 0 aliphatic rings. The minimum Gasteiger partial charge on any atom is -0.325 e.